The number of carbonyl (C=O) groups is 2. The molecule has 8 aliphatic rings. The first-order valence-electron chi connectivity index (χ1n) is 10.6. The molecule has 0 aliphatic heterocycles. The van der Waals surface area contributed by atoms with Crippen LogP contribution < -0.4 is 0 Å². The van der Waals surface area contributed by atoms with Gasteiger partial charge in [-0.15, -0.1) is 0 Å². The summed E-state index contributed by atoms with van der Waals surface area (Å²) in [6.07, 6.45) is 7.29. The van der Waals surface area contributed by atoms with Gasteiger partial charge in [-0.05, 0) is 73.0 Å². The maximum atomic E-state index is 14.0. The molecule has 0 aromatic heterocycles. The maximum Gasteiger partial charge on any atom is 0.146 e. The first kappa shape index (κ1) is 12.7. The summed E-state index contributed by atoms with van der Waals surface area (Å²) in [6, 6.07) is 0. The third-order valence-corrected chi connectivity index (χ3v) is 12.1. The van der Waals surface area contributed by atoms with Crippen LogP contribution >= 0.6 is 0 Å². The molecule has 24 heavy (non-hydrogen) atoms. The molecule has 2 nitrogen and oxygen atoms in total. The number of Topliss-reactive ketones (excluding diaryl/α,β-unsaturated/α-hetero) is 2. The zero-order valence-corrected chi connectivity index (χ0v) is 14.7. The molecule has 8 fully saturated rings. The molecular formula is C22H26O2. The van der Waals surface area contributed by atoms with Crippen LogP contribution in [0.25, 0.3) is 0 Å². The van der Waals surface area contributed by atoms with Gasteiger partial charge in [-0.2, -0.15) is 0 Å². The van der Waals surface area contributed by atoms with Crippen molar-refractivity contribution in [2.45, 2.75) is 52.4 Å². The smallest absolute Gasteiger partial charge is 0.146 e. The number of carbonyl (C=O) groups excluding carboxylic acids is 2. The minimum atomic E-state index is -0.119. The van der Waals surface area contributed by atoms with Gasteiger partial charge < -0.3 is 0 Å². The van der Waals surface area contributed by atoms with Gasteiger partial charge >= 0.3 is 0 Å². The van der Waals surface area contributed by atoms with Crippen molar-refractivity contribution in [1.82, 2.24) is 0 Å². The lowest BCUT2D eigenvalue weighted by Gasteiger charge is -2.53. The molecule has 0 heterocycles. The van der Waals surface area contributed by atoms with Crippen molar-refractivity contribution in [2.75, 3.05) is 0 Å². The first-order valence-corrected chi connectivity index (χ1v) is 10.6. The van der Waals surface area contributed by atoms with E-state index in [1.54, 1.807) is 0 Å². The molecular weight excluding hydrogens is 296 g/mol. The summed E-state index contributed by atoms with van der Waals surface area (Å²) >= 11 is 0. The van der Waals surface area contributed by atoms with Crippen LogP contribution in [0.2, 0.25) is 0 Å². The van der Waals surface area contributed by atoms with E-state index in [1.807, 2.05) is 0 Å². The summed E-state index contributed by atoms with van der Waals surface area (Å²) in [4.78, 5) is 28.0. The highest BCUT2D eigenvalue weighted by Crippen LogP contribution is 2.97. The molecule has 0 unspecified atom stereocenters. The van der Waals surface area contributed by atoms with Crippen LogP contribution in [0.4, 0.5) is 0 Å². The van der Waals surface area contributed by atoms with Crippen molar-refractivity contribution >= 4 is 11.6 Å². The second-order valence-corrected chi connectivity index (χ2v) is 11.5. The van der Waals surface area contributed by atoms with Gasteiger partial charge in [0.15, 0.2) is 0 Å². The molecule has 0 spiro atoms. The minimum absolute atomic E-state index is 0.0590. The van der Waals surface area contributed by atoms with Gasteiger partial charge in [0.25, 0.3) is 0 Å². The van der Waals surface area contributed by atoms with Crippen LogP contribution in [0.1, 0.15) is 52.4 Å². The molecule has 0 N–H and O–H groups in total. The van der Waals surface area contributed by atoms with Crippen LogP contribution in [0, 0.1) is 69.0 Å². The Hall–Kier alpha value is -0.660. The minimum Gasteiger partial charge on any atom is -0.298 e. The van der Waals surface area contributed by atoms with E-state index in [2.05, 4.69) is 13.8 Å². The van der Waals surface area contributed by atoms with E-state index in [4.69, 9.17) is 0 Å². The summed E-state index contributed by atoms with van der Waals surface area (Å²) in [6.45, 7) is 4.71. The molecule has 0 aromatic rings. The Labute approximate surface area is 143 Å². The van der Waals surface area contributed by atoms with E-state index in [0.29, 0.717) is 47.1 Å². The Kier molecular flexibility index (Phi) is 1.52. The Morgan fingerprint density at radius 2 is 1.17 bits per heavy atom. The van der Waals surface area contributed by atoms with Crippen molar-refractivity contribution in [2.24, 2.45) is 69.0 Å². The fourth-order valence-electron chi connectivity index (χ4n) is 12.8. The third kappa shape index (κ3) is 0.687. The summed E-state index contributed by atoms with van der Waals surface area (Å²) in [7, 11) is 0. The van der Waals surface area contributed by atoms with E-state index in [1.165, 1.54) is 25.7 Å². The van der Waals surface area contributed by atoms with Crippen LogP contribution in [-0.2, 0) is 9.59 Å². The lowest BCUT2D eigenvalue weighted by Crippen LogP contribution is -2.59. The number of hydrogen-bond acceptors (Lipinski definition) is 2. The fourth-order valence-corrected chi connectivity index (χ4v) is 12.8. The van der Waals surface area contributed by atoms with Crippen molar-refractivity contribution in [3.63, 3.8) is 0 Å². The third-order valence-electron chi connectivity index (χ3n) is 12.1. The van der Waals surface area contributed by atoms with Gasteiger partial charge in [0.1, 0.15) is 11.6 Å². The van der Waals surface area contributed by atoms with E-state index in [-0.39, 0.29) is 21.7 Å². The topological polar surface area (TPSA) is 34.1 Å². The van der Waals surface area contributed by atoms with E-state index in [9.17, 15) is 9.59 Å². The molecule has 0 radical (unpaired) electrons. The Morgan fingerprint density at radius 3 is 1.58 bits per heavy atom. The molecule has 0 amide bonds. The standard InChI is InChI=1S/C22H26O2/c1-19-13-9-5-3-8-22(9,17(19)23)16-11(13)12-14-10-6-4-7-21(10,15(12)19)18(24)20(14,16)2/h9-16H,3-8H2,1-2H3/t9-,10-,11-,12+,13+,14+,15+,16-,19-,20-,21-,22+/m1/s1. The first-order chi connectivity index (χ1) is 11.5. The maximum absolute atomic E-state index is 14.0. The molecule has 12 atom stereocenters. The van der Waals surface area contributed by atoms with Gasteiger partial charge in [-0.1, -0.05) is 26.7 Å². The summed E-state index contributed by atoms with van der Waals surface area (Å²) in [5, 5.41) is 0. The van der Waals surface area contributed by atoms with Crippen molar-refractivity contribution in [1.29, 1.82) is 0 Å². The summed E-state index contributed by atoms with van der Waals surface area (Å²) in [5.74, 6) is 6.32. The van der Waals surface area contributed by atoms with Crippen LogP contribution in [0.15, 0.2) is 0 Å². The van der Waals surface area contributed by atoms with Crippen LogP contribution in [-0.4, -0.2) is 11.6 Å². The van der Waals surface area contributed by atoms with E-state index in [0.717, 1.165) is 24.7 Å². The average molecular weight is 322 g/mol. The number of ketones is 2. The molecule has 8 saturated carbocycles. The van der Waals surface area contributed by atoms with Crippen molar-refractivity contribution in [3.8, 4) is 0 Å². The second-order valence-electron chi connectivity index (χ2n) is 11.5. The van der Waals surface area contributed by atoms with Gasteiger partial charge in [0.2, 0.25) is 0 Å². The quantitative estimate of drug-likeness (QED) is 0.684. The molecule has 2 heteroatoms. The van der Waals surface area contributed by atoms with Gasteiger partial charge in [0.05, 0.1) is 0 Å². The zero-order chi connectivity index (χ0) is 16.0. The second kappa shape index (κ2) is 2.89. The number of rotatable bonds is 0. The monoisotopic (exact) mass is 322 g/mol. The number of fused-ring (bicyclic) bond motifs is 2. The molecule has 8 aliphatic carbocycles. The molecule has 4 bridgehead atoms. The highest BCUT2D eigenvalue weighted by atomic mass is 16.1. The molecule has 8 rings (SSSR count). The normalized spacial score (nSPS) is 77.4. The van der Waals surface area contributed by atoms with Crippen molar-refractivity contribution < 1.29 is 9.59 Å². The average Bonchev–Trinajstić information content (AvgIpc) is 3.29. The molecule has 0 saturated heterocycles. The Morgan fingerprint density at radius 1 is 0.750 bits per heavy atom. The predicted octanol–water partition coefficient (Wildman–Crippen LogP) is 3.49. The lowest BCUT2D eigenvalue weighted by atomic mass is 9.48. The SMILES string of the molecule is C[C@@]12C(=O)[C@]34CCC[C@@H]3[C@H]1[C@@H]1[C@@H]3[C@@H]5[C@H]6CCC[C@@]6(C(=O)[C@@]5(C)[C@H]14)[C@H]32. The van der Waals surface area contributed by atoms with E-state index < -0.39 is 0 Å². The summed E-state index contributed by atoms with van der Waals surface area (Å²) < 4.78 is 0. The number of hydrogen-bond donors (Lipinski definition) is 0. The molecule has 126 valence electrons. The predicted molar refractivity (Wildman–Crippen MR) is 86.7 cm³/mol. The van der Waals surface area contributed by atoms with E-state index >= 15 is 0 Å². The Balaban J connectivity index is 1.55. The van der Waals surface area contributed by atoms with Crippen LogP contribution in [0.3, 0.4) is 0 Å². The fraction of sp³-hybridized carbons (Fsp3) is 0.909. The summed E-state index contributed by atoms with van der Waals surface area (Å²) in [5.41, 5.74) is -0.357. The van der Waals surface area contributed by atoms with Gasteiger partial charge in [-0.3, -0.25) is 9.59 Å². The highest BCUT2D eigenvalue weighted by molar-refractivity contribution is 6.05. The lowest BCUT2D eigenvalue weighted by molar-refractivity contribution is -0.163. The zero-order valence-electron chi connectivity index (χ0n) is 14.7. The van der Waals surface area contributed by atoms with Gasteiger partial charge in [0, 0.05) is 21.7 Å². The highest BCUT2D eigenvalue weighted by Gasteiger charge is 2.98. The molecule has 0 aromatic carbocycles. The largest absolute Gasteiger partial charge is 0.298 e. The Bertz CT molecular complexity index is 734. The van der Waals surface area contributed by atoms with Gasteiger partial charge in [-0.25, -0.2) is 0 Å². The van der Waals surface area contributed by atoms with Crippen LogP contribution in [0.5, 0.6) is 0 Å². The van der Waals surface area contributed by atoms with Crippen molar-refractivity contribution in [3.05, 3.63) is 0 Å².